The zero-order chi connectivity index (χ0) is 13.6. The van der Waals surface area contributed by atoms with Crippen molar-refractivity contribution in [2.75, 3.05) is 7.11 Å². The highest BCUT2D eigenvalue weighted by molar-refractivity contribution is 6.32. The Balaban J connectivity index is 2.39. The average Bonchev–Trinajstić information content (AvgIpc) is 2.80. The maximum Gasteiger partial charge on any atom is 0.337 e. The quantitative estimate of drug-likeness (QED) is 0.636. The molecule has 19 heavy (non-hydrogen) atoms. The minimum Gasteiger partial charge on any atom is -0.465 e. The molecule has 1 aromatic carbocycles. The number of hydrogen-bond acceptors (Lipinski definition) is 5. The normalized spacial score (nSPS) is 11.1. The van der Waals surface area contributed by atoms with E-state index in [4.69, 9.17) is 11.6 Å². The summed E-state index contributed by atoms with van der Waals surface area (Å²) in [5, 5.41) is 8.19. The monoisotopic (exact) mass is 276 g/mol. The molecule has 0 bridgehead atoms. The smallest absolute Gasteiger partial charge is 0.337 e. The molecule has 3 rings (SSSR count). The number of ether oxygens (including phenoxy) is 1. The lowest BCUT2D eigenvalue weighted by Crippen LogP contribution is -2.02. The summed E-state index contributed by atoms with van der Waals surface area (Å²) in [5.41, 5.74) is 2.29. The van der Waals surface area contributed by atoms with Crippen molar-refractivity contribution in [3.05, 3.63) is 34.7 Å². The summed E-state index contributed by atoms with van der Waals surface area (Å²) in [6, 6.07) is 5.07. The van der Waals surface area contributed by atoms with E-state index in [0.29, 0.717) is 22.6 Å². The Bertz CT molecular complexity index is 812. The lowest BCUT2D eigenvalue weighted by molar-refractivity contribution is 0.0601. The molecular formula is C12H9ClN4O2. The minimum absolute atomic E-state index is 0.245. The molecule has 7 heteroatoms. The molecule has 0 radical (unpaired) electrons. The van der Waals surface area contributed by atoms with Crippen molar-refractivity contribution in [3.8, 4) is 0 Å². The van der Waals surface area contributed by atoms with Crippen LogP contribution in [0, 0.1) is 6.92 Å². The fourth-order valence-corrected chi connectivity index (χ4v) is 2.20. The summed E-state index contributed by atoms with van der Waals surface area (Å²) in [4.78, 5) is 15.7. The van der Waals surface area contributed by atoms with Crippen LogP contribution in [0.15, 0.2) is 18.2 Å². The van der Waals surface area contributed by atoms with Gasteiger partial charge in [0.2, 0.25) is 0 Å². The van der Waals surface area contributed by atoms with Crippen molar-refractivity contribution >= 4 is 34.3 Å². The second-order valence-electron chi connectivity index (χ2n) is 4.00. The molecule has 6 nitrogen and oxygen atoms in total. The van der Waals surface area contributed by atoms with Gasteiger partial charge in [-0.3, -0.25) is 4.40 Å². The number of esters is 1. The zero-order valence-electron chi connectivity index (χ0n) is 10.2. The minimum atomic E-state index is -0.416. The summed E-state index contributed by atoms with van der Waals surface area (Å²) in [6.45, 7) is 1.82. The molecule has 0 fully saturated rings. The van der Waals surface area contributed by atoms with Crippen LogP contribution in [0.3, 0.4) is 0 Å². The van der Waals surface area contributed by atoms with E-state index in [2.05, 4.69) is 19.9 Å². The summed E-state index contributed by atoms with van der Waals surface area (Å²) >= 11 is 6.06. The number of carbonyl (C=O) groups is 1. The zero-order valence-corrected chi connectivity index (χ0v) is 11.0. The van der Waals surface area contributed by atoms with Crippen LogP contribution in [0.4, 0.5) is 0 Å². The molecule has 3 aromatic rings. The third-order valence-electron chi connectivity index (χ3n) is 2.87. The van der Waals surface area contributed by atoms with Crippen LogP contribution in [0.2, 0.25) is 5.15 Å². The molecule has 0 saturated heterocycles. The first-order valence-electron chi connectivity index (χ1n) is 5.51. The van der Waals surface area contributed by atoms with Crippen LogP contribution >= 0.6 is 11.6 Å². The van der Waals surface area contributed by atoms with E-state index in [-0.39, 0.29) is 5.15 Å². The first-order chi connectivity index (χ1) is 9.11. The largest absolute Gasteiger partial charge is 0.465 e. The Morgan fingerprint density at radius 1 is 1.37 bits per heavy atom. The van der Waals surface area contributed by atoms with Gasteiger partial charge in [0.15, 0.2) is 10.8 Å². The summed E-state index contributed by atoms with van der Waals surface area (Å²) in [7, 11) is 1.33. The Kier molecular flexibility index (Phi) is 2.60. The summed E-state index contributed by atoms with van der Waals surface area (Å²) < 4.78 is 6.48. The van der Waals surface area contributed by atoms with Crippen LogP contribution in [-0.4, -0.2) is 32.7 Å². The van der Waals surface area contributed by atoms with Gasteiger partial charge >= 0.3 is 5.97 Å². The van der Waals surface area contributed by atoms with Crippen LogP contribution in [0.1, 0.15) is 16.2 Å². The number of rotatable bonds is 1. The summed E-state index contributed by atoms with van der Waals surface area (Å²) in [6.07, 6.45) is 0. The van der Waals surface area contributed by atoms with Crippen molar-refractivity contribution < 1.29 is 9.53 Å². The van der Waals surface area contributed by atoms with Crippen molar-refractivity contribution in [1.29, 1.82) is 0 Å². The van der Waals surface area contributed by atoms with E-state index in [1.807, 2.05) is 6.92 Å². The van der Waals surface area contributed by atoms with Gasteiger partial charge in [-0.25, -0.2) is 9.78 Å². The Morgan fingerprint density at radius 3 is 2.89 bits per heavy atom. The Labute approximate surface area is 113 Å². The first-order valence-corrected chi connectivity index (χ1v) is 5.89. The Morgan fingerprint density at radius 2 is 2.16 bits per heavy atom. The van der Waals surface area contributed by atoms with Crippen molar-refractivity contribution in [2.24, 2.45) is 0 Å². The number of benzene rings is 1. The SMILES string of the molecule is COC(=O)c1ccc2c(c1)nc(Cl)c1nnc(C)n12. The van der Waals surface area contributed by atoms with E-state index in [0.717, 1.165) is 5.52 Å². The van der Waals surface area contributed by atoms with Gasteiger partial charge in [-0.05, 0) is 25.1 Å². The molecule has 0 saturated carbocycles. The van der Waals surface area contributed by atoms with E-state index >= 15 is 0 Å². The number of methoxy groups -OCH3 is 1. The molecule has 0 N–H and O–H groups in total. The van der Waals surface area contributed by atoms with Crippen LogP contribution in [-0.2, 0) is 4.74 Å². The molecule has 2 aromatic heterocycles. The predicted octanol–water partition coefficient (Wildman–Crippen LogP) is 2.03. The lowest BCUT2D eigenvalue weighted by Gasteiger charge is -2.05. The van der Waals surface area contributed by atoms with Crippen LogP contribution in [0.25, 0.3) is 16.7 Å². The predicted molar refractivity (Wildman–Crippen MR) is 69.4 cm³/mol. The number of hydrogen-bond donors (Lipinski definition) is 0. The number of halogens is 1. The fourth-order valence-electron chi connectivity index (χ4n) is 1.99. The van der Waals surface area contributed by atoms with Gasteiger partial charge in [0.1, 0.15) is 5.82 Å². The molecule has 0 unspecified atom stereocenters. The van der Waals surface area contributed by atoms with Crippen molar-refractivity contribution in [2.45, 2.75) is 6.92 Å². The van der Waals surface area contributed by atoms with E-state index in [9.17, 15) is 4.79 Å². The topological polar surface area (TPSA) is 69.4 Å². The third kappa shape index (κ3) is 1.72. The molecule has 2 heterocycles. The van der Waals surface area contributed by atoms with Crippen LogP contribution in [0.5, 0.6) is 0 Å². The number of nitrogens with zero attached hydrogens (tertiary/aromatic N) is 4. The van der Waals surface area contributed by atoms with Gasteiger partial charge in [-0.2, -0.15) is 0 Å². The standard InChI is InChI=1S/C12H9ClN4O2/c1-6-15-16-11-10(13)14-8-5-7(12(18)19-2)3-4-9(8)17(6)11/h3-5H,1-2H3. The van der Waals surface area contributed by atoms with Gasteiger partial charge < -0.3 is 4.74 Å². The maximum absolute atomic E-state index is 11.5. The van der Waals surface area contributed by atoms with Gasteiger partial charge in [0.05, 0.1) is 23.7 Å². The molecule has 0 aliphatic carbocycles. The molecule has 0 atom stereocenters. The highest BCUT2D eigenvalue weighted by Crippen LogP contribution is 2.22. The molecule has 0 aliphatic rings. The molecule has 0 amide bonds. The van der Waals surface area contributed by atoms with Gasteiger partial charge in [-0.1, -0.05) is 11.6 Å². The second kappa shape index (κ2) is 4.17. The van der Waals surface area contributed by atoms with Crippen molar-refractivity contribution in [3.63, 3.8) is 0 Å². The molecule has 0 aliphatic heterocycles. The number of aryl methyl sites for hydroxylation is 1. The molecular weight excluding hydrogens is 268 g/mol. The van der Waals surface area contributed by atoms with E-state index in [1.165, 1.54) is 7.11 Å². The second-order valence-corrected chi connectivity index (χ2v) is 4.36. The number of aromatic nitrogens is 4. The average molecular weight is 277 g/mol. The molecule has 0 spiro atoms. The summed E-state index contributed by atoms with van der Waals surface area (Å²) in [5.74, 6) is 0.288. The highest BCUT2D eigenvalue weighted by Gasteiger charge is 2.13. The number of carbonyl (C=O) groups excluding carboxylic acids is 1. The highest BCUT2D eigenvalue weighted by atomic mass is 35.5. The van der Waals surface area contributed by atoms with E-state index in [1.54, 1.807) is 22.6 Å². The van der Waals surface area contributed by atoms with E-state index < -0.39 is 5.97 Å². The van der Waals surface area contributed by atoms with Crippen molar-refractivity contribution in [1.82, 2.24) is 19.6 Å². The first kappa shape index (κ1) is 11.9. The molecule has 96 valence electrons. The van der Waals surface area contributed by atoms with Gasteiger partial charge in [-0.15, -0.1) is 10.2 Å². The Hall–Kier alpha value is -2.21. The van der Waals surface area contributed by atoms with Gasteiger partial charge in [0.25, 0.3) is 0 Å². The fraction of sp³-hybridized carbons (Fsp3) is 0.167. The van der Waals surface area contributed by atoms with Crippen LogP contribution < -0.4 is 0 Å². The maximum atomic E-state index is 11.5. The number of fused-ring (bicyclic) bond motifs is 3. The third-order valence-corrected chi connectivity index (χ3v) is 3.12. The van der Waals surface area contributed by atoms with Gasteiger partial charge in [0, 0.05) is 0 Å². The lowest BCUT2D eigenvalue weighted by atomic mass is 10.2.